The third-order valence-corrected chi connectivity index (χ3v) is 7.92. The molecule has 16 nitrogen and oxygen atoms in total. The van der Waals surface area contributed by atoms with Gasteiger partial charge in [-0.3, -0.25) is 4.79 Å². The molecule has 10 N–H and O–H groups in total. The van der Waals surface area contributed by atoms with Crippen LogP contribution >= 0.6 is 0 Å². The molecule has 2 fully saturated rings. The lowest BCUT2D eigenvalue weighted by Gasteiger charge is -2.41. The van der Waals surface area contributed by atoms with Gasteiger partial charge in [-0.1, -0.05) is 0 Å². The van der Waals surface area contributed by atoms with Crippen LogP contribution in [0.4, 0.5) is 0 Å². The molecule has 0 bridgehead atoms. The third kappa shape index (κ3) is 4.99. The topological polar surface area (TPSA) is 269 Å². The van der Waals surface area contributed by atoms with Gasteiger partial charge in [0, 0.05) is 11.6 Å². The van der Waals surface area contributed by atoms with Crippen LogP contribution in [0.3, 0.4) is 0 Å². The van der Waals surface area contributed by atoms with Gasteiger partial charge < -0.3 is 74.4 Å². The van der Waals surface area contributed by atoms with E-state index in [0.29, 0.717) is 0 Å². The SMILES string of the molecule is COc1cc(-c2cc(=O)c3c(O)c([C@@H]4OC[C@H](O)[C@H](O)[C@H]4O)c(O)c([C@@H]4O[C@H](CO)[C@@H](O)[C@H](O)[C@H]4O)c3o2)cc(OC)c1O. The molecular weight excluding hydrogens is 592 g/mol. The Morgan fingerprint density at radius 3 is 1.98 bits per heavy atom. The van der Waals surface area contributed by atoms with Gasteiger partial charge in [-0.15, -0.1) is 0 Å². The molecule has 16 heteroatoms. The smallest absolute Gasteiger partial charge is 0.200 e. The van der Waals surface area contributed by atoms with Gasteiger partial charge in [0.1, 0.15) is 77.6 Å². The molecule has 0 amide bonds. The number of methoxy groups -OCH3 is 2. The average molecular weight is 625 g/mol. The second kappa shape index (κ2) is 12.0. The first-order chi connectivity index (χ1) is 20.9. The Kier molecular flexibility index (Phi) is 8.65. The van der Waals surface area contributed by atoms with E-state index in [1.165, 1.54) is 26.4 Å². The maximum absolute atomic E-state index is 13.6. The second-order valence-corrected chi connectivity index (χ2v) is 10.5. The number of hydrogen-bond acceptors (Lipinski definition) is 16. The zero-order chi connectivity index (χ0) is 32.2. The van der Waals surface area contributed by atoms with Crippen molar-refractivity contribution in [3.63, 3.8) is 0 Å². The fraction of sp³-hybridized carbons (Fsp3) is 0.464. The molecule has 0 radical (unpaired) electrons. The number of fused-ring (bicyclic) bond motifs is 1. The molecule has 1 aromatic heterocycles. The Bertz CT molecular complexity index is 1580. The standard InChI is InChI=1S/C28H32O16/c1-40-12-3-8(4-13(41-2)19(12)33)11-5-9(30)15-21(35)16(27-24(38)18(32)10(31)7-42-27)22(36)17(26(15)43-11)28-25(39)23(37)20(34)14(6-29)44-28/h3-5,10,14,18,20,23-25,27-29,31-39H,6-7H2,1-2H3/t10-,14+,18-,20+,23-,24+,25+,27-,28-/m0/s1. The number of ether oxygens (including phenoxy) is 4. The normalized spacial score (nSPS) is 30.8. The summed E-state index contributed by atoms with van der Waals surface area (Å²) in [5.41, 5.74) is -2.59. The number of phenols is 3. The highest BCUT2D eigenvalue weighted by molar-refractivity contribution is 5.92. The van der Waals surface area contributed by atoms with Crippen LogP contribution < -0.4 is 14.9 Å². The zero-order valence-electron chi connectivity index (χ0n) is 23.3. The van der Waals surface area contributed by atoms with Gasteiger partial charge in [0.25, 0.3) is 0 Å². The maximum Gasteiger partial charge on any atom is 0.200 e. The molecule has 240 valence electrons. The summed E-state index contributed by atoms with van der Waals surface area (Å²) in [7, 11) is 2.53. The monoisotopic (exact) mass is 624 g/mol. The minimum Gasteiger partial charge on any atom is -0.507 e. The zero-order valence-corrected chi connectivity index (χ0v) is 23.3. The lowest BCUT2D eigenvalue weighted by molar-refractivity contribution is -0.231. The largest absolute Gasteiger partial charge is 0.507 e. The molecule has 2 aromatic carbocycles. The molecule has 5 rings (SSSR count). The van der Waals surface area contributed by atoms with Crippen molar-refractivity contribution in [1.29, 1.82) is 0 Å². The van der Waals surface area contributed by atoms with Crippen molar-refractivity contribution in [2.75, 3.05) is 27.4 Å². The first-order valence-corrected chi connectivity index (χ1v) is 13.3. The van der Waals surface area contributed by atoms with Crippen molar-refractivity contribution < 1.29 is 74.4 Å². The van der Waals surface area contributed by atoms with E-state index < -0.39 is 107 Å². The first kappa shape index (κ1) is 31.7. The van der Waals surface area contributed by atoms with Gasteiger partial charge in [-0.05, 0) is 12.1 Å². The summed E-state index contributed by atoms with van der Waals surface area (Å²) in [4.78, 5) is 13.6. The highest BCUT2D eigenvalue weighted by atomic mass is 16.5. The fourth-order valence-corrected chi connectivity index (χ4v) is 5.52. The lowest BCUT2D eigenvalue weighted by Crippen LogP contribution is -2.55. The first-order valence-electron chi connectivity index (χ1n) is 13.3. The van der Waals surface area contributed by atoms with Gasteiger partial charge in [0.2, 0.25) is 5.75 Å². The van der Waals surface area contributed by atoms with Crippen molar-refractivity contribution in [2.45, 2.75) is 54.9 Å². The Morgan fingerprint density at radius 1 is 0.773 bits per heavy atom. The van der Waals surface area contributed by atoms with Crippen molar-refractivity contribution >= 4 is 11.0 Å². The highest BCUT2D eigenvalue weighted by Gasteiger charge is 2.48. The predicted octanol–water partition coefficient (Wildman–Crippen LogP) is -1.74. The van der Waals surface area contributed by atoms with Gasteiger partial charge in [-0.25, -0.2) is 0 Å². The third-order valence-electron chi connectivity index (χ3n) is 7.92. The summed E-state index contributed by atoms with van der Waals surface area (Å²) < 4.78 is 27.4. The lowest BCUT2D eigenvalue weighted by atomic mass is 9.85. The number of aliphatic hydroxyl groups excluding tert-OH is 7. The number of hydrogen-bond donors (Lipinski definition) is 10. The maximum atomic E-state index is 13.6. The summed E-state index contributed by atoms with van der Waals surface area (Å²) in [6, 6.07) is 3.53. The second-order valence-electron chi connectivity index (χ2n) is 10.5. The summed E-state index contributed by atoms with van der Waals surface area (Å²) >= 11 is 0. The van der Waals surface area contributed by atoms with Crippen molar-refractivity contribution in [3.8, 4) is 40.1 Å². The van der Waals surface area contributed by atoms with Crippen LogP contribution in [0, 0.1) is 0 Å². The van der Waals surface area contributed by atoms with Crippen molar-refractivity contribution in [2.24, 2.45) is 0 Å². The van der Waals surface area contributed by atoms with Gasteiger partial charge >= 0.3 is 0 Å². The Labute approximate surface area is 247 Å². The predicted molar refractivity (Wildman–Crippen MR) is 145 cm³/mol. The average Bonchev–Trinajstić information content (AvgIpc) is 3.00. The molecular formula is C28H32O16. The summed E-state index contributed by atoms with van der Waals surface area (Å²) in [5.74, 6) is -2.62. The number of aliphatic hydroxyl groups is 7. The molecule has 0 aliphatic carbocycles. The van der Waals surface area contributed by atoms with E-state index in [1.54, 1.807) is 0 Å². The molecule has 0 saturated carbocycles. The molecule has 9 atom stereocenters. The fourth-order valence-electron chi connectivity index (χ4n) is 5.52. The molecule has 0 unspecified atom stereocenters. The van der Waals surface area contributed by atoms with Crippen LogP contribution in [0.1, 0.15) is 23.3 Å². The summed E-state index contributed by atoms with van der Waals surface area (Å²) in [6.07, 6.45) is -16.0. The van der Waals surface area contributed by atoms with E-state index >= 15 is 0 Å². The quantitative estimate of drug-likeness (QED) is 0.146. The Hall–Kier alpha value is -3.71. The molecule has 3 heterocycles. The van der Waals surface area contributed by atoms with Crippen LogP contribution in [0.25, 0.3) is 22.3 Å². The van der Waals surface area contributed by atoms with E-state index in [2.05, 4.69) is 0 Å². The number of aromatic hydroxyl groups is 3. The summed E-state index contributed by atoms with van der Waals surface area (Å²) in [5, 5.41) is 105. The Morgan fingerprint density at radius 2 is 1.39 bits per heavy atom. The van der Waals surface area contributed by atoms with Gasteiger partial charge in [0.05, 0.1) is 38.6 Å². The van der Waals surface area contributed by atoms with E-state index in [-0.39, 0.29) is 28.6 Å². The van der Waals surface area contributed by atoms with E-state index in [1.807, 2.05) is 0 Å². The van der Waals surface area contributed by atoms with Crippen LogP contribution in [0.2, 0.25) is 0 Å². The van der Waals surface area contributed by atoms with Gasteiger partial charge in [-0.2, -0.15) is 0 Å². The number of benzene rings is 2. The minimum atomic E-state index is -2.01. The van der Waals surface area contributed by atoms with Crippen LogP contribution in [0.5, 0.6) is 28.7 Å². The molecule has 3 aromatic rings. The molecule has 0 spiro atoms. The van der Waals surface area contributed by atoms with Crippen molar-refractivity contribution in [1.82, 2.24) is 0 Å². The van der Waals surface area contributed by atoms with E-state index in [9.17, 15) is 55.9 Å². The van der Waals surface area contributed by atoms with E-state index in [0.717, 1.165) is 6.07 Å². The summed E-state index contributed by atoms with van der Waals surface area (Å²) in [6.45, 7) is -1.39. The number of phenolic OH excluding ortho intramolecular Hbond substituents is 3. The minimum absolute atomic E-state index is 0.0681. The number of rotatable bonds is 6. The van der Waals surface area contributed by atoms with Gasteiger partial charge in [0.15, 0.2) is 22.5 Å². The molecule has 2 saturated heterocycles. The van der Waals surface area contributed by atoms with Crippen LogP contribution in [-0.2, 0) is 9.47 Å². The van der Waals surface area contributed by atoms with Crippen LogP contribution in [-0.4, -0.2) is 121 Å². The van der Waals surface area contributed by atoms with Crippen LogP contribution in [0.15, 0.2) is 27.4 Å². The van der Waals surface area contributed by atoms with Crippen molar-refractivity contribution in [3.05, 3.63) is 39.5 Å². The molecule has 2 aliphatic heterocycles. The molecule has 44 heavy (non-hydrogen) atoms. The molecule has 2 aliphatic rings. The Balaban J connectivity index is 1.83. The van der Waals surface area contributed by atoms with E-state index in [4.69, 9.17) is 23.4 Å². The highest BCUT2D eigenvalue weighted by Crippen LogP contribution is 2.51.